The van der Waals surface area contributed by atoms with Crippen molar-refractivity contribution in [1.29, 1.82) is 0 Å². The van der Waals surface area contributed by atoms with Crippen molar-refractivity contribution in [3.63, 3.8) is 0 Å². The fraction of sp³-hybridized carbons (Fsp3) is 0.0667. The second kappa shape index (κ2) is 10.6. The molecule has 0 aliphatic heterocycles. The molecule has 1 aliphatic rings. The number of benzene rings is 7. The van der Waals surface area contributed by atoms with Crippen LogP contribution >= 0.6 is 0 Å². The van der Waals surface area contributed by atoms with Crippen molar-refractivity contribution in [1.82, 2.24) is 4.57 Å². The number of aromatic nitrogens is 1. The monoisotopic (exact) mass is 602 g/mol. The lowest BCUT2D eigenvalue weighted by molar-refractivity contribution is 0.660. The first-order valence-electron chi connectivity index (χ1n) is 16.4. The Hall–Kier alpha value is -5.86. The van der Waals surface area contributed by atoms with E-state index < -0.39 is 0 Å². The van der Waals surface area contributed by atoms with Gasteiger partial charge in [-0.05, 0) is 94.0 Å². The van der Waals surface area contributed by atoms with Crippen LogP contribution in [0.1, 0.15) is 25.0 Å². The Kier molecular flexibility index (Phi) is 6.20. The predicted molar refractivity (Wildman–Crippen MR) is 198 cm³/mol. The summed E-state index contributed by atoms with van der Waals surface area (Å²) < 4.78 is 2.38. The van der Waals surface area contributed by atoms with Crippen molar-refractivity contribution < 1.29 is 0 Å². The summed E-state index contributed by atoms with van der Waals surface area (Å²) in [7, 11) is 0. The zero-order valence-corrected chi connectivity index (χ0v) is 26.6. The van der Waals surface area contributed by atoms with Gasteiger partial charge in [0.25, 0.3) is 0 Å². The van der Waals surface area contributed by atoms with Crippen molar-refractivity contribution in [2.75, 3.05) is 4.90 Å². The van der Waals surface area contributed by atoms with Gasteiger partial charge < -0.3 is 9.47 Å². The maximum Gasteiger partial charge on any atom is 0.0562 e. The van der Waals surface area contributed by atoms with Crippen LogP contribution < -0.4 is 4.90 Å². The summed E-state index contributed by atoms with van der Waals surface area (Å²) >= 11 is 0. The predicted octanol–water partition coefficient (Wildman–Crippen LogP) is 12.2. The van der Waals surface area contributed by atoms with E-state index in [0.717, 1.165) is 22.7 Å². The van der Waals surface area contributed by atoms with Crippen LogP contribution in [0.5, 0.6) is 0 Å². The molecular formula is C45H34N2. The summed E-state index contributed by atoms with van der Waals surface area (Å²) in [6.45, 7) is 4.69. The van der Waals surface area contributed by atoms with Crippen LogP contribution in [0.15, 0.2) is 170 Å². The van der Waals surface area contributed by atoms with Crippen molar-refractivity contribution >= 4 is 38.9 Å². The summed E-state index contributed by atoms with van der Waals surface area (Å²) in [6.07, 6.45) is 0. The van der Waals surface area contributed by atoms with Gasteiger partial charge >= 0.3 is 0 Å². The standard InChI is InChI=1S/C45H34N2/c1-45(2)39-20-11-9-18-36(39)37-29-26-32(30-40(37)45)31-24-27-35(28-25-31)46(33-14-5-3-6-15-33)42-22-13-23-43-44(42)38-19-10-12-21-41(38)47(43)34-16-7-4-8-17-34/h3-30H,1-2H3. The lowest BCUT2D eigenvalue weighted by Gasteiger charge is -2.27. The van der Waals surface area contributed by atoms with E-state index in [1.807, 2.05) is 0 Å². The lowest BCUT2D eigenvalue weighted by Crippen LogP contribution is -2.14. The average Bonchev–Trinajstić information content (AvgIpc) is 3.59. The van der Waals surface area contributed by atoms with Gasteiger partial charge in [-0.25, -0.2) is 0 Å². The van der Waals surface area contributed by atoms with E-state index in [2.05, 4.69) is 193 Å². The maximum absolute atomic E-state index is 2.40. The number of nitrogens with zero attached hydrogens (tertiary/aromatic N) is 2. The van der Waals surface area contributed by atoms with E-state index in [0.29, 0.717) is 0 Å². The zero-order chi connectivity index (χ0) is 31.5. The molecule has 0 bridgehead atoms. The van der Waals surface area contributed by atoms with Gasteiger partial charge in [0.2, 0.25) is 0 Å². The molecule has 7 aromatic carbocycles. The fourth-order valence-corrected chi connectivity index (χ4v) is 7.73. The first-order chi connectivity index (χ1) is 23.1. The molecule has 9 rings (SSSR count). The molecule has 2 heteroatoms. The molecule has 0 saturated carbocycles. The molecule has 1 heterocycles. The lowest BCUT2D eigenvalue weighted by atomic mass is 9.81. The molecule has 1 aliphatic carbocycles. The number of anilines is 3. The van der Waals surface area contributed by atoms with E-state index >= 15 is 0 Å². The molecule has 0 saturated heterocycles. The first-order valence-corrected chi connectivity index (χ1v) is 16.4. The molecular weight excluding hydrogens is 569 g/mol. The highest BCUT2D eigenvalue weighted by molar-refractivity contribution is 6.16. The Morgan fingerprint density at radius 1 is 0.468 bits per heavy atom. The molecule has 0 radical (unpaired) electrons. The van der Waals surface area contributed by atoms with Gasteiger partial charge in [-0.2, -0.15) is 0 Å². The van der Waals surface area contributed by atoms with E-state index in [4.69, 9.17) is 0 Å². The Bertz CT molecular complexity index is 2420. The second-order valence-corrected chi connectivity index (χ2v) is 13.0. The molecule has 0 fully saturated rings. The topological polar surface area (TPSA) is 8.17 Å². The van der Waals surface area contributed by atoms with Gasteiger partial charge in [-0.1, -0.05) is 123 Å². The number of fused-ring (bicyclic) bond motifs is 6. The summed E-state index contributed by atoms with van der Waals surface area (Å²) in [5, 5.41) is 2.47. The van der Waals surface area contributed by atoms with E-state index in [-0.39, 0.29) is 5.41 Å². The van der Waals surface area contributed by atoms with E-state index in [1.54, 1.807) is 0 Å². The number of para-hydroxylation sites is 3. The van der Waals surface area contributed by atoms with Crippen molar-refractivity contribution in [3.05, 3.63) is 181 Å². The molecule has 8 aromatic rings. The zero-order valence-electron chi connectivity index (χ0n) is 26.6. The van der Waals surface area contributed by atoms with E-state index in [9.17, 15) is 0 Å². The third-order valence-corrected chi connectivity index (χ3v) is 9.99. The Labute approximate surface area is 275 Å². The SMILES string of the molecule is CC1(C)c2ccccc2-c2ccc(-c3ccc(N(c4ccccc4)c4cccc5c4c4ccccc4n5-c4ccccc4)cc3)cc21. The normalized spacial score (nSPS) is 13.1. The molecule has 47 heavy (non-hydrogen) atoms. The fourth-order valence-electron chi connectivity index (χ4n) is 7.73. The third-order valence-electron chi connectivity index (χ3n) is 9.99. The smallest absolute Gasteiger partial charge is 0.0562 e. The van der Waals surface area contributed by atoms with Crippen LogP contribution in [0, 0.1) is 0 Å². The largest absolute Gasteiger partial charge is 0.310 e. The van der Waals surface area contributed by atoms with Gasteiger partial charge in [0.15, 0.2) is 0 Å². The van der Waals surface area contributed by atoms with Gasteiger partial charge in [-0.3, -0.25) is 0 Å². The molecule has 0 N–H and O–H groups in total. The maximum atomic E-state index is 2.40. The Morgan fingerprint density at radius 2 is 1.09 bits per heavy atom. The second-order valence-electron chi connectivity index (χ2n) is 13.0. The number of hydrogen-bond acceptors (Lipinski definition) is 1. The van der Waals surface area contributed by atoms with Gasteiger partial charge in [0.05, 0.1) is 16.7 Å². The third kappa shape index (κ3) is 4.26. The summed E-state index contributed by atoms with van der Waals surface area (Å²) in [5.74, 6) is 0. The number of hydrogen-bond donors (Lipinski definition) is 0. The molecule has 1 aromatic heterocycles. The van der Waals surface area contributed by atoms with Crippen LogP contribution in [0.3, 0.4) is 0 Å². The van der Waals surface area contributed by atoms with Crippen molar-refractivity contribution in [2.45, 2.75) is 19.3 Å². The minimum absolute atomic E-state index is 0.0242. The quantitative estimate of drug-likeness (QED) is 0.190. The summed E-state index contributed by atoms with van der Waals surface area (Å²) in [5.41, 5.74) is 14.9. The van der Waals surface area contributed by atoms with Crippen molar-refractivity contribution in [3.8, 4) is 27.9 Å². The highest BCUT2D eigenvalue weighted by Gasteiger charge is 2.35. The number of rotatable bonds is 5. The minimum Gasteiger partial charge on any atom is -0.310 e. The van der Waals surface area contributed by atoms with Crippen LogP contribution in [0.25, 0.3) is 49.7 Å². The minimum atomic E-state index is -0.0242. The molecule has 0 amide bonds. The summed E-state index contributed by atoms with van der Waals surface area (Å²) in [4.78, 5) is 2.40. The molecule has 2 nitrogen and oxygen atoms in total. The van der Waals surface area contributed by atoms with Crippen LogP contribution in [-0.2, 0) is 5.41 Å². The molecule has 0 atom stereocenters. The Morgan fingerprint density at radius 3 is 1.89 bits per heavy atom. The van der Waals surface area contributed by atoms with Crippen molar-refractivity contribution in [2.24, 2.45) is 0 Å². The van der Waals surface area contributed by atoms with E-state index in [1.165, 1.54) is 55.2 Å². The van der Waals surface area contributed by atoms with Crippen LogP contribution in [0.2, 0.25) is 0 Å². The first kappa shape index (κ1) is 27.5. The Balaban J connectivity index is 1.19. The van der Waals surface area contributed by atoms with Gasteiger partial charge in [0, 0.05) is 33.2 Å². The van der Waals surface area contributed by atoms with Gasteiger partial charge in [-0.15, -0.1) is 0 Å². The summed E-state index contributed by atoms with van der Waals surface area (Å²) in [6, 6.07) is 61.7. The molecule has 0 spiro atoms. The highest BCUT2D eigenvalue weighted by atomic mass is 15.1. The van der Waals surface area contributed by atoms with Crippen LogP contribution in [0.4, 0.5) is 17.1 Å². The van der Waals surface area contributed by atoms with Gasteiger partial charge in [0.1, 0.15) is 0 Å². The highest BCUT2D eigenvalue weighted by Crippen LogP contribution is 2.50. The van der Waals surface area contributed by atoms with Crippen LogP contribution in [-0.4, -0.2) is 4.57 Å². The molecule has 0 unspecified atom stereocenters. The molecule has 224 valence electrons. The average molecular weight is 603 g/mol.